The molecule has 0 aromatic carbocycles. The van der Waals surface area contributed by atoms with Crippen molar-refractivity contribution in [3.63, 3.8) is 0 Å². The van der Waals surface area contributed by atoms with E-state index in [9.17, 15) is 9.59 Å². The number of carbonyl (C=O) groups excluding carboxylic acids is 2. The van der Waals surface area contributed by atoms with Gasteiger partial charge in [-0.15, -0.1) is 0 Å². The van der Waals surface area contributed by atoms with Crippen LogP contribution in [0, 0.1) is 0 Å². The van der Waals surface area contributed by atoms with Crippen molar-refractivity contribution in [1.29, 1.82) is 0 Å². The minimum absolute atomic E-state index is 0.0783. The summed E-state index contributed by atoms with van der Waals surface area (Å²) >= 11 is 0. The Morgan fingerprint density at radius 3 is 2.25 bits per heavy atom. The average molecular weight is 194 g/mol. The van der Waals surface area contributed by atoms with Crippen LogP contribution in [0.3, 0.4) is 0 Å². The van der Waals surface area contributed by atoms with Gasteiger partial charge in [-0.05, 0) is 0 Å². The molecule has 6 nitrogen and oxygen atoms in total. The van der Waals surface area contributed by atoms with E-state index < -0.39 is 17.5 Å². The van der Waals surface area contributed by atoms with Crippen LogP contribution in [-0.2, 0) is 19.2 Å². The first-order chi connectivity index (χ1) is 5.54. The van der Waals surface area contributed by atoms with Crippen LogP contribution in [0.5, 0.6) is 0 Å². The first kappa shape index (κ1) is 10.9. The molecule has 1 unspecified atom stereocenters. The minimum atomic E-state index is -1.21. The molecule has 0 aromatic rings. The topological polar surface area (TPSA) is 102 Å². The second-order valence-corrected chi connectivity index (χ2v) is 2.20. The van der Waals surface area contributed by atoms with E-state index in [1.807, 2.05) is 9.24 Å². The number of hydrogen-bond donors (Lipinski definition) is 1. The van der Waals surface area contributed by atoms with Gasteiger partial charge in [0.1, 0.15) is 5.50 Å². The van der Waals surface area contributed by atoms with E-state index in [1.54, 1.807) is 0 Å². The van der Waals surface area contributed by atoms with Gasteiger partial charge in [0.25, 0.3) is 5.57 Å². The number of hydrogen-bond acceptors (Lipinski definition) is 5. The Kier molecular flexibility index (Phi) is 4.25. The fraction of sp³-hybridized carbons (Fsp3) is 0.200. The van der Waals surface area contributed by atoms with Crippen LogP contribution in [0.1, 0.15) is 0 Å². The van der Waals surface area contributed by atoms with E-state index in [0.717, 1.165) is 0 Å². The summed E-state index contributed by atoms with van der Waals surface area (Å²) in [5.41, 5.74) is -0.615. The Morgan fingerprint density at radius 1 is 1.50 bits per heavy atom. The highest BCUT2D eigenvalue weighted by Crippen LogP contribution is 2.13. The minimum Gasteiger partial charge on any atom is -0.561 e. The average Bonchev–Trinajstić information content (AvgIpc) is 2.03. The van der Waals surface area contributed by atoms with Crippen molar-refractivity contribution in [2.75, 3.05) is 7.11 Å². The van der Waals surface area contributed by atoms with Gasteiger partial charge >= 0.3 is 11.9 Å². The maximum Gasteiger partial charge on any atom is 0.560 e. The van der Waals surface area contributed by atoms with Crippen LogP contribution in [0.4, 0.5) is 0 Å². The number of rotatable bonds is 3. The maximum absolute atomic E-state index is 10.7. The first-order valence-electron chi connectivity index (χ1n) is 2.75. The Hall–Kier alpha value is -1.13. The Morgan fingerprint density at radius 2 is 2.00 bits per heavy atom. The highest BCUT2D eigenvalue weighted by molar-refractivity contribution is 7.22. The number of carbonyl (C=O) groups is 2. The third-order valence-electron chi connectivity index (χ3n) is 1.00. The third-order valence-corrected chi connectivity index (χ3v) is 1.53. The molecule has 4 N–H and O–H groups in total. The number of methoxy groups -OCH3 is 1. The van der Waals surface area contributed by atoms with Gasteiger partial charge in [-0.2, -0.15) is 5.90 Å². The zero-order chi connectivity index (χ0) is 9.72. The van der Waals surface area contributed by atoms with Crippen molar-refractivity contribution in [3.8, 4) is 0 Å². The predicted molar refractivity (Wildman–Crippen MR) is 42.6 cm³/mol. The first-order valence-corrected chi connectivity index (χ1v) is 3.33. The molecule has 0 saturated heterocycles. The summed E-state index contributed by atoms with van der Waals surface area (Å²) in [4.78, 5) is 25.0. The van der Waals surface area contributed by atoms with Gasteiger partial charge in [-0.3, -0.25) is 0 Å². The monoisotopic (exact) mass is 194 g/mol. The summed E-state index contributed by atoms with van der Waals surface area (Å²) in [5.74, 6) is 2.21. The highest BCUT2D eigenvalue weighted by Gasteiger charge is 2.29. The molecule has 0 saturated carbocycles. The highest BCUT2D eigenvalue weighted by atomic mass is 31.0. The van der Waals surface area contributed by atoms with Gasteiger partial charge in [0.15, 0.2) is 0 Å². The standard InChI is InChI=1S/C5H8NO5P/c1-10-5(12)2(3(7)8)4(9)11-6/h6,12H2,1H3,(H,7,8)/p+1/b5-2+. The van der Waals surface area contributed by atoms with Crippen molar-refractivity contribution in [3.05, 3.63) is 11.1 Å². The summed E-state index contributed by atoms with van der Waals surface area (Å²) < 4.78 is 4.54. The van der Waals surface area contributed by atoms with E-state index in [2.05, 4.69) is 15.5 Å². The van der Waals surface area contributed by atoms with Gasteiger partial charge < -0.3 is 14.7 Å². The summed E-state index contributed by atoms with van der Waals surface area (Å²) in [6.07, 6.45) is 0. The summed E-state index contributed by atoms with van der Waals surface area (Å²) in [7, 11) is 3.22. The molecule has 0 aliphatic heterocycles. The fourth-order valence-corrected chi connectivity index (χ4v) is 0.715. The van der Waals surface area contributed by atoms with Crippen molar-refractivity contribution in [2.45, 2.75) is 0 Å². The summed E-state index contributed by atoms with van der Waals surface area (Å²) in [6.45, 7) is 0. The molecule has 0 rings (SSSR count). The lowest BCUT2D eigenvalue weighted by atomic mass is 10.3. The summed E-state index contributed by atoms with van der Waals surface area (Å²) in [6, 6.07) is 0. The predicted octanol–water partition coefficient (Wildman–Crippen LogP) is -1.61. The van der Waals surface area contributed by atoms with Crippen molar-refractivity contribution >= 4 is 21.2 Å². The molecular weight excluding hydrogens is 185 g/mol. The molecule has 0 fully saturated rings. The van der Waals surface area contributed by atoms with Gasteiger partial charge in [0, 0.05) is 4.79 Å². The lowest BCUT2D eigenvalue weighted by Gasteiger charge is -2.00. The Bertz CT molecular complexity index is 236. The molecule has 0 aliphatic rings. The van der Waals surface area contributed by atoms with Crippen LogP contribution in [0.2, 0.25) is 0 Å². The van der Waals surface area contributed by atoms with Gasteiger partial charge in [-0.25, -0.2) is 4.79 Å². The van der Waals surface area contributed by atoms with Crippen molar-refractivity contribution in [1.82, 2.24) is 0 Å². The van der Waals surface area contributed by atoms with Crippen LogP contribution in [0.15, 0.2) is 11.1 Å². The van der Waals surface area contributed by atoms with Gasteiger partial charge in [0.05, 0.1) is 7.11 Å². The second kappa shape index (κ2) is 4.69. The molecule has 0 radical (unpaired) electrons. The SMILES string of the molecule is CO/C(P)=C(/C(=O)[OH2+])C(=O)ON. The van der Waals surface area contributed by atoms with Crippen molar-refractivity contribution < 1.29 is 24.3 Å². The molecule has 0 aromatic heterocycles. The lowest BCUT2D eigenvalue weighted by Crippen LogP contribution is -2.19. The third kappa shape index (κ3) is 2.48. The second-order valence-electron chi connectivity index (χ2n) is 1.68. The van der Waals surface area contributed by atoms with Gasteiger partial charge in [0.2, 0.25) is 0 Å². The van der Waals surface area contributed by atoms with E-state index in [4.69, 9.17) is 5.11 Å². The van der Waals surface area contributed by atoms with E-state index >= 15 is 0 Å². The van der Waals surface area contributed by atoms with Crippen molar-refractivity contribution in [2.24, 2.45) is 5.90 Å². The molecule has 1 atom stereocenters. The number of ether oxygens (including phenoxy) is 1. The molecule has 0 heterocycles. The normalized spacial score (nSPS) is 11.6. The molecule has 0 aliphatic carbocycles. The molecule has 0 amide bonds. The van der Waals surface area contributed by atoms with Crippen LogP contribution in [0.25, 0.3) is 0 Å². The quantitative estimate of drug-likeness (QED) is 0.111. The maximum atomic E-state index is 10.7. The smallest absolute Gasteiger partial charge is 0.560 e. The molecule has 7 heteroatoms. The van der Waals surface area contributed by atoms with Gasteiger partial charge in [-0.1, -0.05) is 9.24 Å². The number of nitrogens with two attached hydrogens (primary N) is 1. The Labute approximate surface area is 70.5 Å². The lowest BCUT2D eigenvalue weighted by molar-refractivity contribution is -0.144. The Balaban J connectivity index is 4.91. The largest absolute Gasteiger partial charge is 0.561 e. The fourth-order valence-electron chi connectivity index (χ4n) is 0.466. The molecule has 0 spiro atoms. The van der Waals surface area contributed by atoms with Crippen LogP contribution in [-0.4, -0.2) is 24.2 Å². The van der Waals surface area contributed by atoms with E-state index in [0.29, 0.717) is 0 Å². The molecule has 0 bridgehead atoms. The van der Waals surface area contributed by atoms with Crippen LogP contribution < -0.4 is 5.90 Å². The molecule has 12 heavy (non-hydrogen) atoms. The van der Waals surface area contributed by atoms with E-state index in [1.165, 1.54) is 7.11 Å². The summed E-state index contributed by atoms with van der Waals surface area (Å²) in [5, 5.41) is 6.66. The zero-order valence-electron chi connectivity index (χ0n) is 6.29. The molecule has 68 valence electrons. The van der Waals surface area contributed by atoms with Crippen LogP contribution >= 0.6 is 9.24 Å². The molecular formula is C5H9NO5P+. The van der Waals surface area contributed by atoms with E-state index in [-0.39, 0.29) is 5.50 Å². The zero-order valence-corrected chi connectivity index (χ0v) is 7.44.